The number of methoxy groups -OCH3 is 1. The van der Waals surface area contributed by atoms with Crippen molar-refractivity contribution in [1.82, 2.24) is 9.97 Å². The maximum atomic E-state index is 5.81. The standard InChI is InChI=1S/C13H16N4O2/c1-18-6-7-19-10-4-2-9(3-5-10)11-8-16-13(15)17-12(11)14/h2-5,8H,6-7H2,1H3,(H4,14,15,16,17). The highest BCUT2D eigenvalue weighted by Crippen LogP contribution is 2.25. The van der Waals surface area contributed by atoms with Crippen molar-refractivity contribution in [3.8, 4) is 16.9 Å². The average Bonchev–Trinajstić information content (AvgIpc) is 2.40. The maximum Gasteiger partial charge on any atom is 0.221 e. The Morgan fingerprint density at radius 2 is 1.84 bits per heavy atom. The molecule has 0 aliphatic carbocycles. The normalized spacial score (nSPS) is 10.4. The molecule has 6 nitrogen and oxygen atoms in total. The number of anilines is 2. The molecule has 0 unspecified atom stereocenters. The van der Waals surface area contributed by atoms with Crippen LogP contribution in [0.25, 0.3) is 11.1 Å². The fraction of sp³-hybridized carbons (Fsp3) is 0.231. The topological polar surface area (TPSA) is 96.3 Å². The van der Waals surface area contributed by atoms with E-state index in [0.717, 1.165) is 16.9 Å². The van der Waals surface area contributed by atoms with Crippen LogP contribution >= 0.6 is 0 Å². The van der Waals surface area contributed by atoms with Gasteiger partial charge in [-0.2, -0.15) is 4.98 Å². The van der Waals surface area contributed by atoms with E-state index >= 15 is 0 Å². The fourth-order valence-corrected chi connectivity index (χ4v) is 1.61. The van der Waals surface area contributed by atoms with Crippen molar-refractivity contribution in [3.05, 3.63) is 30.5 Å². The molecule has 0 saturated heterocycles. The third-order valence-corrected chi connectivity index (χ3v) is 2.56. The zero-order chi connectivity index (χ0) is 13.7. The Hall–Kier alpha value is -2.34. The van der Waals surface area contributed by atoms with Crippen LogP contribution in [-0.2, 0) is 4.74 Å². The lowest BCUT2D eigenvalue weighted by molar-refractivity contribution is 0.146. The van der Waals surface area contributed by atoms with Gasteiger partial charge in [-0.1, -0.05) is 12.1 Å². The molecule has 0 radical (unpaired) electrons. The second-order valence-corrected chi connectivity index (χ2v) is 3.89. The Morgan fingerprint density at radius 3 is 2.47 bits per heavy atom. The molecule has 0 bridgehead atoms. The molecule has 0 spiro atoms. The van der Waals surface area contributed by atoms with Crippen LogP contribution in [0.15, 0.2) is 30.5 Å². The van der Waals surface area contributed by atoms with E-state index in [1.165, 1.54) is 0 Å². The Kier molecular flexibility index (Phi) is 4.15. The van der Waals surface area contributed by atoms with Crippen LogP contribution in [0.2, 0.25) is 0 Å². The minimum atomic E-state index is 0.167. The summed E-state index contributed by atoms with van der Waals surface area (Å²) in [5.41, 5.74) is 12.9. The molecule has 0 saturated carbocycles. The summed E-state index contributed by atoms with van der Waals surface area (Å²) in [5, 5.41) is 0. The smallest absolute Gasteiger partial charge is 0.221 e. The van der Waals surface area contributed by atoms with E-state index in [2.05, 4.69) is 9.97 Å². The Balaban J connectivity index is 2.13. The molecule has 19 heavy (non-hydrogen) atoms. The van der Waals surface area contributed by atoms with Crippen LogP contribution in [0.1, 0.15) is 0 Å². The molecule has 0 amide bonds. The SMILES string of the molecule is COCCOc1ccc(-c2cnc(N)nc2N)cc1. The van der Waals surface area contributed by atoms with Crippen LogP contribution in [0.3, 0.4) is 0 Å². The number of benzene rings is 1. The van der Waals surface area contributed by atoms with Gasteiger partial charge in [0.1, 0.15) is 18.2 Å². The van der Waals surface area contributed by atoms with Gasteiger partial charge in [-0.15, -0.1) is 0 Å². The molecule has 1 aromatic carbocycles. The summed E-state index contributed by atoms with van der Waals surface area (Å²) in [4.78, 5) is 7.87. The molecule has 0 fully saturated rings. The Bertz CT molecular complexity index is 543. The molecule has 1 aromatic heterocycles. The van der Waals surface area contributed by atoms with Gasteiger partial charge in [0.2, 0.25) is 5.95 Å². The molecule has 0 atom stereocenters. The van der Waals surface area contributed by atoms with Crippen LogP contribution in [-0.4, -0.2) is 30.3 Å². The number of rotatable bonds is 5. The van der Waals surface area contributed by atoms with Gasteiger partial charge in [-0.3, -0.25) is 0 Å². The first-order valence-corrected chi connectivity index (χ1v) is 5.81. The second kappa shape index (κ2) is 6.01. The lowest BCUT2D eigenvalue weighted by Crippen LogP contribution is -2.04. The van der Waals surface area contributed by atoms with Gasteiger partial charge in [0.25, 0.3) is 0 Å². The highest BCUT2D eigenvalue weighted by atomic mass is 16.5. The molecule has 100 valence electrons. The molecular formula is C13H16N4O2. The lowest BCUT2D eigenvalue weighted by atomic mass is 10.1. The van der Waals surface area contributed by atoms with Gasteiger partial charge in [-0.05, 0) is 17.7 Å². The average molecular weight is 260 g/mol. The summed E-state index contributed by atoms with van der Waals surface area (Å²) in [6.45, 7) is 1.07. The first kappa shape index (κ1) is 13.1. The highest BCUT2D eigenvalue weighted by Gasteiger charge is 2.05. The van der Waals surface area contributed by atoms with Crippen LogP contribution in [0.5, 0.6) is 5.75 Å². The summed E-state index contributed by atoms with van der Waals surface area (Å²) < 4.78 is 10.4. The zero-order valence-corrected chi connectivity index (χ0v) is 10.7. The monoisotopic (exact) mass is 260 g/mol. The van der Waals surface area contributed by atoms with Gasteiger partial charge in [0.05, 0.1) is 6.61 Å². The van der Waals surface area contributed by atoms with E-state index in [9.17, 15) is 0 Å². The van der Waals surface area contributed by atoms with Crippen LogP contribution in [0, 0.1) is 0 Å². The number of nitrogen functional groups attached to an aromatic ring is 2. The van der Waals surface area contributed by atoms with Crippen molar-refractivity contribution in [2.75, 3.05) is 31.8 Å². The van der Waals surface area contributed by atoms with Crippen LogP contribution in [0.4, 0.5) is 11.8 Å². The molecule has 4 N–H and O–H groups in total. The van der Waals surface area contributed by atoms with Crippen molar-refractivity contribution >= 4 is 11.8 Å². The van der Waals surface area contributed by atoms with Gasteiger partial charge in [0, 0.05) is 18.9 Å². The zero-order valence-electron chi connectivity index (χ0n) is 10.7. The predicted octanol–water partition coefficient (Wildman–Crippen LogP) is 1.33. The third-order valence-electron chi connectivity index (χ3n) is 2.56. The van der Waals surface area contributed by atoms with E-state index in [-0.39, 0.29) is 5.95 Å². The van der Waals surface area contributed by atoms with Gasteiger partial charge >= 0.3 is 0 Å². The molecule has 1 heterocycles. The molecule has 0 aliphatic rings. The van der Waals surface area contributed by atoms with E-state index < -0.39 is 0 Å². The molecule has 6 heteroatoms. The number of nitrogens with zero attached hydrogens (tertiary/aromatic N) is 2. The fourth-order valence-electron chi connectivity index (χ4n) is 1.61. The highest BCUT2D eigenvalue weighted by molar-refractivity contribution is 5.73. The summed E-state index contributed by atoms with van der Waals surface area (Å²) in [6, 6.07) is 7.52. The number of hydrogen-bond acceptors (Lipinski definition) is 6. The van der Waals surface area contributed by atoms with E-state index in [4.69, 9.17) is 20.9 Å². The Labute approximate surface area is 111 Å². The molecule has 2 rings (SSSR count). The first-order valence-electron chi connectivity index (χ1n) is 5.81. The summed E-state index contributed by atoms with van der Waals surface area (Å²) in [7, 11) is 1.64. The van der Waals surface area contributed by atoms with Crippen molar-refractivity contribution in [3.63, 3.8) is 0 Å². The van der Waals surface area contributed by atoms with E-state index in [1.54, 1.807) is 13.3 Å². The minimum Gasteiger partial charge on any atom is -0.491 e. The van der Waals surface area contributed by atoms with Crippen molar-refractivity contribution in [2.45, 2.75) is 0 Å². The maximum absolute atomic E-state index is 5.81. The van der Waals surface area contributed by atoms with E-state index in [1.807, 2.05) is 24.3 Å². The number of ether oxygens (including phenoxy) is 2. The van der Waals surface area contributed by atoms with E-state index in [0.29, 0.717) is 19.0 Å². The Morgan fingerprint density at radius 1 is 1.11 bits per heavy atom. The molecule has 2 aromatic rings. The minimum absolute atomic E-state index is 0.167. The quantitative estimate of drug-likeness (QED) is 0.787. The van der Waals surface area contributed by atoms with Gasteiger partial charge in [0.15, 0.2) is 0 Å². The summed E-state index contributed by atoms with van der Waals surface area (Å²) in [5.74, 6) is 1.30. The predicted molar refractivity (Wildman–Crippen MR) is 73.7 cm³/mol. The van der Waals surface area contributed by atoms with Crippen molar-refractivity contribution in [2.24, 2.45) is 0 Å². The number of aromatic nitrogens is 2. The largest absolute Gasteiger partial charge is 0.491 e. The van der Waals surface area contributed by atoms with Gasteiger partial charge < -0.3 is 20.9 Å². The number of hydrogen-bond donors (Lipinski definition) is 2. The number of nitrogens with two attached hydrogens (primary N) is 2. The van der Waals surface area contributed by atoms with Crippen molar-refractivity contribution < 1.29 is 9.47 Å². The second-order valence-electron chi connectivity index (χ2n) is 3.89. The third kappa shape index (κ3) is 3.32. The molecule has 0 aliphatic heterocycles. The van der Waals surface area contributed by atoms with Crippen LogP contribution < -0.4 is 16.2 Å². The summed E-state index contributed by atoms with van der Waals surface area (Å²) >= 11 is 0. The lowest BCUT2D eigenvalue weighted by Gasteiger charge is -2.08. The first-order chi connectivity index (χ1) is 9.20. The molecular weight excluding hydrogens is 244 g/mol. The van der Waals surface area contributed by atoms with Gasteiger partial charge in [-0.25, -0.2) is 4.98 Å². The summed E-state index contributed by atoms with van der Waals surface area (Å²) in [6.07, 6.45) is 1.61. The van der Waals surface area contributed by atoms with Crippen molar-refractivity contribution in [1.29, 1.82) is 0 Å².